The molecule has 0 amide bonds. The monoisotopic (exact) mass is 257 g/mol. The molecule has 1 aromatic rings. The molecule has 0 atom stereocenters. The Hall–Kier alpha value is -0.570. The van der Waals surface area contributed by atoms with Crippen molar-refractivity contribution >= 4 is 11.6 Å². The summed E-state index contributed by atoms with van der Waals surface area (Å²) in [7, 11) is 0. The number of nitrogens with zero attached hydrogens (tertiary/aromatic N) is 3. The molecule has 1 aromatic heterocycles. The topological polar surface area (TPSA) is 30.7 Å². The van der Waals surface area contributed by atoms with Crippen LogP contribution in [-0.4, -0.2) is 14.8 Å². The fraction of sp³-hybridized carbons (Fsp3) is 0.846. The number of rotatable bonds is 3. The quantitative estimate of drug-likeness (QED) is 0.822. The molecular weight excluding hydrogens is 234 g/mol. The van der Waals surface area contributed by atoms with Gasteiger partial charge in [0.05, 0.1) is 0 Å². The molecule has 0 saturated carbocycles. The zero-order chi connectivity index (χ0) is 13.4. The summed E-state index contributed by atoms with van der Waals surface area (Å²) in [5.74, 6) is 1.53. The van der Waals surface area contributed by atoms with Crippen LogP contribution < -0.4 is 0 Å². The molecule has 0 spiro atoms. The summed E-state index contributed by atoms with van der Waals surface area (Å²) in [6, 6.07) is 0. The van der Waals surface area contributed by atoms with E-state index < -0.39 is 0 Å². The first-order chi connectivity index (χ1) is 7.55. The number of hydrogen-bond donors (Lipinski definition) is 0. The highest BCUT2D eigenvalue weighted by molar-refractivity contribution is 6.28. The fourth-order valence-electron chi connectivity index (χ4n) is 1.57. The highest BCUT2D eigenvalue weighted by Crippen LogP contribution is 2.32. The first kappa shape index (κ1) is 14.5. The molecule has 0 aliphatic carbocycles. The van der Waals surface area contributed by atoms with Gasteiger partial charge in [0, 0.05) is 12.0 Å². The van der Waals surface area contributed by atoms with Crippen molar-refractivity contribution < 1.29 is 0 Å². The Labute approximate surface area is 110 Å². The number of aromatic nitrogens is 3. The van der Waals surface area contributed by atoms with E-state index >= 15 is 0 Å². The van der Waals surface area contributed by atoms with Crippen molar-refractivity contribution in [1.29, 1.82) is 0 Å². The highest BCUT2D eigenvalue weighted by atomic mass is 35.5. The minimum absolute atomic E-state index is 0.0345. The maximum atomic E-state index is 6.15. The van der Waals surface area contributed by atoms with Gasteiger partial charge in [-0.05, 0) is 22.9 Å². The fourth-order valence-corrected chi connectivity index (χ4v) is 1.75. The Balaban J connectivity index is 3.11. The van der Waals surface area contributed by atoms with Gasteiger partial charge in [-0.2, -0.15) is 0 Å². The molecule has 0 N–H and O–H groups in total. The summed E-state index contributed by atoms with van der Waals surface area (Å²) in [5.41, 5.74) is 0.138. The van der Waals surface area contributed by atoms with Gasteiger partial charge in [0.2, 0.25) is 5.28 Å². The summed E-state index contributed by atoms with van der Waals surface area (Å²) in [6.07, 6.45) is 0. The Kier molecular flexibility index (Phi) is 3.92. The third-order valence-corrected chi connectivity index (χ3v) is 3.78. The van der Waals surface area contributed by atoms with Crippen LogP contribution in [0.15, 0.2) is 0 Å². The lowest BCUT2D eigenvalue weighted by Crippen LogP contribution is -2.29. The first-order valence-corrected chi connectivity index (χ1v) is 6.52. The Morgan fingerprint density at radius 1 is 1.12 bits per heavy atom. The van der Waals surface area contributed by atoms with Crippen LogP contribution in [0.25, 0.3) is 0 Å². The van der Waals surface area contributed by atoms with Crippen molar-refractivity contribution in [2.24, 2.45) is 11.3 Å². The Morgan fingerprint density at radius 2 is 1.65 bits per heavy atom. The van der Waals surface area contributed by atoms with Crippen molar-refractivity contribution in [2.45, 2.75) is 60.4 Å². The van der Waals surface area contributed by atoms with E-state index in [4.69, 9.17) is 11.6 Å². The lowest BCUT2D eigenvalue weighted by molar-refractivity contribution is 0.204. The van der Waals surface area contributed by atoms with Crippen LogP contribution >= 0.6 is 11.6 Å². The average molecular weight is 258 g/mol. The summed E-state index contributed by atoms with van der Waals surface area (Å²) < 4.78 is 2.04. The van der Waals surface area contributed by atoms with E-state index in [1.807, 2.05) is 4.57 Å². The Bertz CT molecular complexity index is 386. The second-order valence-corrected chi connectivity index (χ2v) is 7.11. The summed E-state index contributed by atoms with van der Waals surface area (Å²) in [4.78, 5) is 0. The summed E-state index contributed by atoms with van der Waals surface area (Å²) >= 11 is 6.15. The maximum Gasteiger partial charge on any atom is 0.225 e. The minimum Gasteiger partial charge on any atom is -0.301 e. The average Bonchev–Trinajstić information content (AvgIpc) is 2.46. The van der Waals surface area contributed by atoms with Crippen molar-refractivity contribution in [3.63, 3.8) is 0 Å². The summed E-state index contributed by atoms with van der Waals surface area (Å²) in [5, 5.41) is 8.71. The molecule has 4 heteroatoms. The highest BCUT2D eigenvalue weighted by Gasteiger charge is 2.29. The lowest BCUT2D eigenvalue weighted by atomic mass is 9.81. The van der Waals surface area contributed by atoms with E-state index in [1.165, 1.54) is 0 Å². The van der Waals surface area contributed by atoms with Crippen LogP contribution in [0.5, 0.6) is 0 Å². The normalized spacial score (nSPS) is 13.5. The van der Waals surface area contributed by atoms with E-state index in [0.717, 1.165) is 12.4 Å². The molecule has 0 aliphatic heterocycles. The molecule has 0 radical (unpaired) electrons. The van der Waals surface area contributed by atoms with E-state index in [-0.39, 0.29) is 10.8 Å². The Morgan fingerprint density at radius 3 is 2.06 bits per heavy atom. The van der Waals surface area contributed by atoms with E-state index in [0.29, 0.717) is 11.2 Å². The standard InChI is InChI=1S/C13H24ClN3/c1-9(2)13(6,7)8-17-10(12(3,4)5)15-16-11(17)14/h9H,8H2,1-7H3. The molecule has 1 rings (SSSR count). The van der Waals surface area contributed by atoms with Gasteiger partial charge in [0.15, 0.2) is 0 Å². The zero-order valence-electron chi connectivity index (χ0n) is 12.0. The van der Waals surface area contributed by atoms with Crippen molar-refractivity contribution in [3.05, 3.63) is 11.1 Å². The maximum absolute atomic E-state index is 6.15. The first-order valence-electron chi connectivity index (χ1n) is 6.15. The van der Waals surface area contributed by atoms with Gasteiger partial charge in [-0.15, -0.1) is 10.2 Å². The van der Waals surface area contributed by atoms with Crippen LogP contribution in [0.1, 0.15) is 54.3 Å². The van der Waals surface area contributed by atoms with Crippen molar-refractivity contribution in [3.8, 4) is 0 Å². The van der Waals surface area contributed by atoms with Crippen LogP contribution in [0.4, 0.5) is 0 Å². The van der Waals surface area contributed by atoms with Gasteiger partial charge in [0.25, 0.3) is 0 Å². The second kappa shape index (κ2) is 4.60. The third-order valence-electron chi connectivity index (χ3n) is 3.51. The van der Waals surface area contributed by atoms with E-state index in [2.05, 4.69) is 58.7 Å². The molecule has 0 fully saturated rings. The van der Waals surface area contributed by atoms with E-state index in [9.17, 15) is 0 Å². The zero-order valence-corrected chi connectivity index (χ0v) is 12.8. The molecule has 3 nitrogen and oxygen atoms in total. The van der Waals surface area contributed by atoms with Gasteiger partial charge in [-0.25, -0.2) is 0 Å². The molecule has 98 valence electrons. The van der Waals surface area contributed by atoms with Crippen LogP contribution in [0, 0.1) is 11.3 Å². The van der Waals surface area contributed by atoms with Gasteiger partial charge >= 0.3 is 0 Å². The smallest absolute Gasteiger partial charge is 0.225 e. The predicted octanol–water partition coefficient (Wildman–Crippen LogP) is 3.91. The van der Waals surface area contributed by atoms with Crippen LogP contribution in [-0.2, 0) is 12.0 Å². The van der Waals surface area contributed by atoms with Gasteiger partial charge in [-0.3, -0.25) is 0 Å². The minimum atomic E-state index is -0.0345. The van der Waals surface area contributed by atoms with Gasteiger partial charge < -0.3 is 4.57 Å². The van der Waals surface area contributed by atoms with Gasteiger partial charge in [-0.1, -0.05) is 48.5 Å². The van der Waals surface area contributed by atoms with Gasteiger partial charge in [0.1, 0.15) is 5.82 Å². The molecule has 1 heterocycles. The SMILES string of the molecule is CC(C)C(C)(C)Cn1c(Cl)nnc1C(C)(C)C. The van der Waals surface area contributed by atoms with Crippen LogP contribution in [0.3, 0.4) is 0 Å². The largest absolute Gasteiger partial charge is 0.301 e. The van der Waals surface area contributed by atoms with Crippen LogP contribution in [0.2, 0.25) is 5.28 Å². The molecular formula is C13H24ClN3. The molecule has 0 unspecified atom stereocenters. The molecule has 0 aliphatic rings. The number of halogens is 1. The molecule has 0 bridgehead atoms. The van der Waals surface area contributed by atoms with Crippen molar-refractivity contribution in [2.75, 3.05) is 0 Å². The molecule has 0 aromatic carbocycles. The predicted molar refractivity (Wildman–Crippen MR) is 72.4 cm³/mol. The molecule has 17 heavy (non-hydrogen) atoms. The van der Waals surface area contributed by atoms with E-state index in [1.54, 1.807) is 0 Å². The second-order valence-electron chi connectivity index (χ2n) is 6.77. The summed E-state index contributed by atoms with van der Waals surface area (Å²) in [6.45, 7) is 16.2. The lowest BCUT2D eigenvalue weighted by Gasteiger charge is -2.31. The number of hydrogen-bond acceptors (Lipinski definition) is 2. The third kappa shape index (κ3) is 3.21. The van der Waals surface area contributed by atoms with Crippen molar-refractivity contribution in [1.82, 2.24) is 14.8 Å². The molecule has 0 saturated heterocycles.